The lowest BCUT2D eigenvalue weighted by molar-refractivity contribution is -0.137. The van der Waals surface area contributed by atoms with Crippen LogP contribution >= 0.6 is 0 Å². The molecule has 0 amide bonds. The van der Waals surface area contributed by atoms with Crippen LogP contribution < -0.4 is 5.73 Å². The van der Waals surface area contributed by atoms with Gasteiger partial charge in [0.15, 0.2) is 0 Å². The van der Waals surface area contributed by atoms with E-state index in [0.29, 0.717) is 6.54 Å². The van der Waals surface area contributed by atoms with Crippen molar-refractivity contribution >= 4 is 0 Å². The minimum Gasteiger partial charge on any atom is -0.330 e. The maximum atomic E-state index is 13.1. The van der Waals surface area contributed by atoms with Crippen molar-refractivity contribution in [3.63, 3.8) is 0 Å². The van der Waals surface area contributed by atoms with Gasteiger partial charge in [-0.05, 0) is 50.9 Å². The molecule has 21 heavy (non-hydrogen) atoms. The molecule has 0 aliphatic heterocycles. The van der Waals surface area contributed by atoms with Crippen molar-refractivity contribution in [3.05, 3.63) is 46.8 Å². The molecule has 0 aliphatic rings. The molecule has 2 rings (SSSR count). The molecule has 0 saturated heterocycles. The number of para-hydroxylation sites is 1. The fraction of sp³-hybridized carbons (Fsp3) is 0.400. The van der Waals surface area contributed by atoms with Crippen LogP contribution in [0.1, 0.15) is 28.9 Å². The van der Waals surface area contributed by atoms with Crippen LogP contribution in [0.5, 0.6) is 0 Å². The van der Waals surface area contributed by atoms with Crippen molar-refractivity contribution in [2.75, 3.05) is 6.54 Å². The van der Waals surface area contributed by atoms with Crippen LogP contribution in [0, 0.1) is 13.8 Å². The largest absolute Gasteiger partial charge is 0.418 e. The number of nitrogens with two attached hydrogens (primary N) is 1. The van der Waals surface area contributed by atoms with Crippen LogP contribution in [0.2, 0.25) is 0 Å². The predicted octanol–water partition coefficient (Wildman–Crippen LogP) is 3.40. The Balaban J connectivity index is 2.54. The highest BCUT2D eigenvalue weighted by Gasteiger charge is 2.34. The zero-order chi connectivity index (χ0) is 15.6. The van der Waals surface area contributed by atoms with Gasteiger partial charge >= 0.3 is 6.18 Å². The van der Waals surface area contributed by atoms with Crippen LogP contribution in [0.15, 0.2) is 24.3 Å². The molecule has 2 N–H and O–H groups in total. The highest BCUT2D eigenvalue weighted by atomic mass is 19.4. The summed E-state index contributed by atoms with van der Waals surface area (Å²) in [5, 5.41) is 4.28. The lowest BCUT2D eigenvalue weighted by Crippen LogP contribution is -2.12. The van der Waals surface area contributed by atoms with E-state index >= 15 is 0 Å². The number of rotatable bonds is 4. The first-order chi connectivity index (χ1) is 9.86. The monoisotopic (exact) mass is 297 g/mol. The number of aryl methyl sites for hydroxylation is 1. The van der Waals surface area contributed by atoms with E-state index in [1.165, 1.54) is 16.8 Å². The summed E-state index contributed by atoms with van der Waals surface area (Å²) < 4.78 is 40.7. The van der Waals surface area contributed by atoms with Gasteiger partial charge in [-0.1, -0.05) is 12.1 Å². The summed E-state index contributed by atoms with van der Waals surface area (Å²) in [4.78, 5) is 0. The van der Waals surface area contributed by atoms with Crippen molar-refractivity contribution in [1.29, 1.82) is 0 Å². The molecule has 0 fully saturated rings. The third kappa shape index (κ3) is 3.10. The van der Waals surface area contributed by atoms with Crippen LogP contribution in [-0.2, 0) is 12.6 Å². The molecule has 0 bridgehead atoms. The Bertz CT molecular complexity index is 630. The molecule has 1 aromatic heterocycles. The van der Waals surface area contributed by atoms with Gasteiger partial charge in [-0.3, -0.25) is 0 Å². The van der Waals surface area contributed by atoms with Gasteiger partial charge in [0.25, 0.3) is 0 Å². The van der Waals surface area contributed by atoms with E-state index in [0.717, 1.165) is 35.9 Å². The summed E-state index contributed by atoms with van der Waals surface area (Å²) in [5.74, 6) is 0. The molecule has 114 valence electrons. The van der Waals surface area contributed by atoms with Crippen LogP contribution in [-0.4, -0.2) is 16.3 Å². The van der Waals surface area contributed by atoms with E-state index in [-0.39, 0.29) is 5.69 Å². The normalized spacial score (nSPS) is 11.9. The average molecular weight is 297 g/mol. The molecule has 0 saturated carbocycles. The van der Waals surface area contributed by atoms with Crippen molar-refractivity contribution in [3.8, 4) is 5.69 Å². The standard InChI is InChI=1S/C15H18F3N3/c1-10-12(6-5-9-19)11(2)21(20-10)14-8-4-3-7-13(14)15(16,17)18/h3-4,7-8H,5-6,9,19H2,1-2H3. The zero-order valence-electron chi connectivity index (χ0n) is 12.0. The molecule has 0 radical (unpaired) electrons. The van der Waals surface area contributed by atoms with Crippen molar-refractivity contribution in [1.82, 2.24) is 9.78 Å². The molecule has 0 spiro atoms. The predicted molar refractivity (Wildman–Crippen MR) is 75.4 cm³/mol. The Hall–Kier alpha value is -1.82. The summed E-state index contributed by atoms with van der Waals surface area (Å²) in [6.45, 7) is 4.15. The molecule has 3 nitrogen and oxygen atoms in total. The number of aromatic nitrogens is 2. The first-order valence-corrected chi connectivity index (χ1v) is 6.78. The molecule has 1 heterocycles. The maximum absolute atomic E-state index is 13.1. The van der Waals surface area contributed by atoms with Crippen LogP contribution in [0.25, 0.3) is 5.69 Å². The summed E-state index contributed by atoms with van der Waals surface area (Å²) in [5.41, 5.74) is 7.33. The second-order valence-electron chi connectivity index (χ2n) is 4.97. The Morgan fingerprint density at radius 1 is 1.19 bits per heavy atom. The Morgan fingerprint density at radius 2 is 1.86 bits per heavy atom. The van der Waals surface area contributed by atoms with Gasteiger partial charge in [0, 0.05) is 5.69 Å². The Labute approximate surface area is 121 Å². The molecule has 2 aromatic rings. The third-order valence-electron chi connectivity index (χ3n) is 3.51. The van der Waals surface area contributed by atoms with Crippen LogP contribution in [0.3, 0.4) is 0 Å². The molecule has 0 atom stereocenters. The highest BCUT2D eigenvalue weighted by Crippen LogP contribution is 2.34. The molecule has 1 aromatic carbocycles. The van der Waals surface area contributed by atoms with Crippen LogP contribution in [0.4, 0.5) is 13.2 Å². The lowest BCUT2D eigenvalue weighted by Gasteiger charge is -2.14. The number of hydrogen-bond acceptors (Lipinski definition) is 2. The van der Waals surface area contributed by atoms with E-state index in [2.05, 4.69) is 5.10 Å². The minimum absolute atomic E-state index is 0.0598. The maximum Gasteiger partial charge on any atom is 0.418 e. The summed E-state index contributed by atoms with van der Waals surface area (Å²) in [6, 6.07) is 5.48. The van der Waals surface area contributed by atoms with Gasteiger partial charge in [-0.15, -0.1) is 0 Å². The smallest absolute Gasteiger partial charge is 0.330 e. The highest BCUT2D eigenvalue weighted by molar-refractivity contribution is 5.45. The second-order valence-corrected chi connectivity index (χ2v) is 4.97. The van der Waals surface area contributed by atoms with Gasteiger partial charge in [0.05, 0.1) is 16.9 Å². The number of alkyl halides is 3. The molecular weight excluding hydrogens is 279 g/mol. The Kier molecular flexibility index (Phi) is 4.37. The van der Waals surface area contributed by atoms with E-state index in [1.54, 1.807) is 13.0 Å². The first kappa shape index (κ1) is 15.6. The van der Waals surface area contributed by atoms with E-state index in [1.807, 2.05) is 6.92 Å². The topological polar surface area (TPSA) is 43.8 Å². The molecule has 0 aliphatic carbocycles. The number of hydrogen-bond donors (Lipinski definition) is 1. The van der Waals surface area contributed by atoms with Gasteiger partial charge in [-0.25, -0.2) is 4.68 Å². The average Bonchev–Trinajstić information content (AvgIpc) is 2.71. The number of benzene rings is 1. The molecule has 6 heteroatoms. The first-order valence-electron chi connectivity index (χ1n) is 6.78. The SMILES string of the molecule is Cc1nn(-c2ccccc2C(F)(F)F)c(C)c1CCCN. The summed E-state index contributed by atoms with van der Waals surface area (Å²) in [7, 11) is 0. The van der Waals surface area contributed by atoms with E-state index in [9.17, 15) is 13.2 Å². The van der Waals surface area contributed by atoms with Gasteiger partial charge in [-0.2, -0.15) is 18.3 Å². The fourth-order valence-electron chi connectivity index (χ4n) is 2.45. The quantitative estimate of drug-likeness (QED) is 0.940. The molecule has 0 unspecified atom stereocenters. The van der Waals surface area contributed by atoms with Gasteiger partial charge in [0.2, 0.25) is 0 Å². The fourth-order valence-corrected chi connectivity index (χ4v) is 2.45. The van der Waals surface area contributed by atoms with Crippen molar-refractivity contribution in [2.24, 2.45) is 5.73 Å². The van der Waals surface area contributed by atoms with Crippen molar-refractivity contribution < 1.29 is 13.2 Å². The number of nitrogens with zero attached hydrogens (tertiary/aromatic N) is 2. The lowest BCUT2D eigenvalue weighted by atomic mass is 10.1. The van der Waals surface area contributed by atoms with E-state index < -0.39 is 11.7 Å². The van der Waals surface area contributed by atoms with Gasteiger partial charge < -0.3 is 5.73 Å². The Morgan fingerprint density at radius 3 is 2.48 bits per heavy atom. The van der Waals surface area contributed by atoms with Gasteiger partial charge in [0.1, 0.15) is 0 Å². The third-order valence-corrected chi connectivity index (χ3v) is 3.51. The minimum atomic E-state index is -4.40. The van der Waals surface area contributed by atoms with Crippen molar-refractivity contribution in [2.45, 2.75) is 32.9 Å². The summed E-state index contributed by atoms with van der Waals surface area (Å²) >= 11 is 0. The number of halogens is 3. The summed E-state index contributed by atoms with van der Waals surface area (Å²) in [6.07, 6.45) is -2.89. The second kappa shape index (κ2) is 5.89. The molecular formula is C15H18F3N3. The van der Waals surface area contributed by atoms with E-state index in [4.69, 9.17) is 5.73 Å². The zero-order valence-corrected chi connectivity index (χ0v) is 12.0.